The first-order valence-corrected chi connectivity index (χ1v) is 10.8. The number of carbonyl (C=O) groups excluding carboxylic acids is 1. The molecule has 0 bridgehead atoms. The third kappa shape index (κ3) is 4.73. The molecule has 2 aliphatic rings. The zero-order chi connectivity index (χ0) is 20.8. The van der Waals surface area contributed by atoms with Gasteiger partial charge in [-0.05, 0) is 31.7 Å². The molecule has 0 saturated carbocycles. The molecule has 3 heterocycles. The van der Waals surface area contributed by atoms with Gasteiger partial charge in [0.15, 0.2) is 0 Å². The second-order valence-electron chi connectivity index (χ2n) is 8.29. The maximum absolute atomic E-state index is 13.2. The first-order valence-electron chi connectivity index (χ1n) is 10.8. The lowest BCUT2D eigenvalue weighted by Gasteiger charge is -2.37. The fraction of sp³-hybridized carbons (Fsp3) is 0.522. The summed E-state index contributed by atoms with van der Waals surface area (Å²) in [6, 6.07) is 8.22. The molecule has 0 spiro atoms. The molecule has 1 aromatic heterocycles. The van der Waals surface area contributed by atoms with Crippen LogP contribution in [0.2, 0.25) is 0 Å². The van der Waals surface area contributed by atoms with Crippen molar-refractivity contribution in [1.29, 1.82) is 0 Å². The molecule has 2 aliphatic heterocycles. The van der Waals surface area contributed by atoms with Crippen molar-refractivity contribution in [2.75, 3.05) is 19.8 Å². The van der Waals surface area contributed by atoms with Crippen LogP contribution >= 0.6 is 0 Å². The van der Waals surface area contributed by atoms with Gasteiger partial charge < -0.3 is 19.5 Å². The van der Waals surface area contributed by atoms with Crippen molar-refractivity contribution in [2.24, 2.45) is 10.6 Å². The molecule has 1 aromatic carbocycles. The van der Waals surface area contributed by atoms with E-state index in [-0.39, 0.29) is 12.0 Å². The smallest absolute Gasteiger partial charge is 0.226 e. The average molecular weight is 411 g/mol. The number of aromatic nitrogens is 2. The number of hydrogen-bond donors (Lipinski definition) is 1. The number of amides is 1. The second-order valence-corrected chi connectivity index (χ2v) is 8.29. The maximum atomic E-state index is 13.2. The maximum Gasteiger partial charge on any atom is 0.226 e. The van der Waals surface area contributed by atoms with Crippen molar-refractivity contribution in [3.63, 3.8) is 0 Å². The van der Waals surface area contributed by atoms with Gasteiger partial charge in [-0.2, -0.15) is 0 Å². The number of nitrogens with zero attached hydrogens (tertiary/aromatic N) is 3. The van der Waals surface area contributed by atoms with Crippen molar-refractivity contribution in [3.05, 3.63) is 54.1 Å². The van der Waals surface area contributed by atoms with Crippen LogP contribution in [0.15, 0.2) is 48.1 Å². The van der Waals surface area contributed by atoms with Gasteiger partial charge in [-0.1, -0.05) is 29.4 Å². The van der Waals surface area contributed by atoms with Crippen LogP contribution in [-0.4, -0.2) is 47.0 Å². The van der Waals surface area contributed by atoms with Gasteiger partial charge in [-0.3, -0.25) is 4.79 Å². The van der Waals surface area contributed by atoms with Gasteiger partial charge in [-0.15, -0.1) is 0 Å². The molecule has 4 rings (SSSR count). The van der Waals surface area contributed by atoms with Crippen LogP contribution in [-0.2, 0) is 20.9 Å². The Kier molecular flexibility index (Phi) is 6.47. The Morgan fingerprint density at radius 1 is 1.30 bits per heavy atom. The lowest BCUT2D eigenvalue weighted by atomic mass is 9.74. The minimum Gasteiger partial charge on any atom is -0.392 e. The summed E-state index contributed by atoms with van der Waals surface area (Å²) in [5.41, 5.74) is 2.84. The van der Waals surface area contributed by atoms with Crippen LogP contribution in [0.25, 0.3) is 0 Å². The topological polar surface area (TPSA) is 77.7 Å². The molecule has 0 radical (unpaired) electrons. The van der Waals surface area contributed by atoms with E-state index in [1.54, 1.807) is 12.5 Å². The van der Waals surface area contributed by atoms with Crippen LogP contribution in [0, 0.1) is 12.3 Å². The van der Waals surface area contributed by atoms with E-state index in [1.165, 1.54) is 5.56 Å². The highest BCUT2D eigenvalue weighted by Gasteiger charge is 2.43. The van der Waals surface area contributed by atoms with Crippen LogP contribution in [0.3, 0.4) is 0 Å². The summed E-state index contributed by atoms with van der Waals surface area (Å²) in [7, 11) is 0. The number of ether oxygens (including phenoxy) is 1. The first-order chi connectivity index (χ1) is 14.7. The molecule has 1 amide bonds. The highest BCUT2D eigenvalue weighted by atomic mass is 16.6. The van der Waals surface area contributed by atoms with Gasteiger partial charge in [0.05, 0.1) is 17.5 Å². The molecule has 160 valence electrons. The van der Waals surface area contributed by atoms with Gasteiger partial charge in [0.25, 0.3) is 0 Å². The zero-order valence-corrected chi connectivity index (χ0v) is 17.5. The van der Waals surface area contributed by atoms with Crippen molar-refractivity contribution < 1.29 is 14.4 Å². The SMILES string of the molecule is Cc1ccccc1C1=NOC(CC2(C(=O)NCCCn3ccnc3)CCOCC2)C1. The molecule has 1 N–H and O–H groups in total. The largest absolute Gasteiger partial charge is 0.392 e. The predicted octanol–water partition coefficient (Wildman–Crippen LogP) is 3.08. The number of nitrogens with one attached hydrogen (secondary N) is 1. The van der Waals surface area contributed by atoms with E-state index in [9.17, 15) is 4.79 Å². The minimum absolute atomic E-state index is 0.0746. The van der Waals surface area contributed by atoms with Gasteiger partial charge in [0.1, 0.15) is 6.10 Å². The predicted molar refractivity (Wildman–Crippen MR) is 114 cm³/mol. The normalized spacial score (nSPS) is 20.4. The number of oxime groups is 1. The van der Waals surface area contributed by atoms with E-state index < -0.39 is 5.41 Å². The Balaban J connectivity index is 1.34. The first kappa shape index (κ1) is 20.6. The highest BCUT2D eigenvalue weighted by molar-refractivity contribution is 6.02. The average Bonchev–Trinajstić information content (AvgIpc) is 3.44. The van der Waals surface area contributed by atoms with Gasteiger partial charge in [0.2, 0.25) is 5.91 Å². The minimum atomic E-state index is -0.450. The Bertz CT molecular complexity index is 872. The van der Waals surface area contributed by atoms with E-state index >= 15 is 0 Å². The van der Waals surface area contributed by atoms with Crippen molar-refractivity contribution >= 4 is 11.6 Å². The summed E-state index contributed by atoms with van der Waals surface area (Å²) in [6.45, 7) is 4.80. The Morgan fingerprint density at radius 3 is 2.90 bits per heavy atom. The van der Waals surface area contributed by atoms with Gasteiger partial charge in [-0.25, -0.2) is 4.98 Å². The number of aryl methyl sites for hydroxylation is 2. The molecule has 2 aromatic rings. The molecular formula is C23H30N4O3. The van der Waals surface area contributed by atoms with E-state index in [0.717, 1.165) is 43.5 Å². The van der Waals surface area contributed by atoms with Crippen molar-refractivity contribution in [2.45, 2.75) is 51.7 Å². The van der Waals surface area contributed by atoms with Crippen molar-refractivity contribution in [1.82, 2.24) is 14.9 Å². The molecule has 7 nitrogen and oxygen atoms in total. The number of benzene rings is 1. The van der Waals surface area contributed by atoms with Gasteiger partial charge >= 0.3 is 0 Å². The molecule has 1 atom stereocenters. The van der Waals surface area contributed by atoms with Crippen molar-refractivity contribution in [3.8, 4) is 0 Å². The van der Waals surface area contributed by atoms with Crippen LogP contribution in [0.5, 0.6) is 0 Å². The van der Waals surface area contributed by atoms with Crippen LogP contribution in [0.4, 0.5) is 0 Å². The third-order valence-electron chi connectivity index (χ3n) is 6.18. The number of carbonyl (C=O) groups is 1. The fourth-order valence-electron chi connectivity index (χ4n) is 4.39. The summed E-state index contributed by atoms with van der Waals surface area (Å²) in [5.74, 6) is 0.115. The van der Waals surface area contributed by atoms with Crippen LogP contribution < -0.4 is 5.32 Å². The molecule has 30 heavy (non-hydrogen) atoms. The molecular weight excluding hydrogens is 380 g/mol. The number of rotatable bonds is 8. The van der Waals surface area contributed by atoms with E-state index in [4.69, 9.17) is 9.57 Å². The van der Waals surface area contributed by atoms with E-state index in [2.05, 4.69) is 34.5 Å². The lowest BCUT2D eigenvalue weighted by molar-refractivity contribution is -0.140. The number of imidazole rings is 1. The number of hydrogen-bond acceptors (Lipinski definition) is 5. The summed E-state index contributed by atoms with van der Waals surface area (Å²) in [5, 5.41) is 7.51. The molecule has 1 saturated heterocycles. The molecule has 1 unspecified atom stereocenters. The molecule has 1 fully saturated rings. The van der Waals surface area contributed by atoms with E-state index in [1.807, 2.05) is 22.9 Å². The standard InChI is InChI=1S/C23H30N4O3/c1-18-5-2-3-6-20(18)21-15-19(30-26-21)16-23(7-13-29-14-8-23)22(28)25-9-4-11-27-12-10-24-17-27/h2-3,5-6,10,12,17,19H,4,7-9,11,13-16H2,1H3,(H,25,28). The third-order valence-corrected chi connectivity index (χ3v) is 6.18. The summed E-state index contributed by atoms with van der Waals surface area (Å²) >= 11 is 0. The Labute approximate surface area is 177 Å². The monoisotopic (exact) mass is 410 g/mol. The fourth-order valence-corrected chi connectivity index (χ4v) is 4.39. The van der Waals surface area contributed by atoms with Gasteiger partial charge in [0, 0.05) is 57.1 Å². The van der Waals surface area contributed by atoms with Crippen LogP contribution in [0.1, 0.15) is 43.2 Å². The summed E-state index contributed by atoms with van der Waals surface area (Å²) in [4.78, 5) is 23.0. The lowest BCUT2D eigenvalue weighted by Crippen LogP contribution is -2.47. The Morgan fingerprint density at radius 2 is 2.13 bits per heavy atom. The molecule has 0 aliphatic carbocycles. The summed E-state index contributed by atoms with van der Waals surface area (Å²) in [6.07, 6.45) is 9.15. The summed E-state index contributed by atoms with van der Waals surface area (Å²) < 4.78 is 7.58. The van der Waals surface area contributed by atoms with E-state index in [0.29, 0.717) is 26.2 Å². The second kappa shape index (κ2) is 9.43. The highest BCUT2D eigenvalue weighted by Crippen LogP contribution is 2.38. The molecule has 7 heteroatoms. The quantitative estimate of drug-likeness (QED) is 0.679. The Hall–Kier alpha value is -2.67. The zero-order valence-electron chi connectivity index (χ0n) is 17.5.